The van der Waals surface area contributed by atoms with Gasteiger partial charge in [-0.15, -0.1) is 0 Å². The van der Waals surface area contributed by atoms with Crippen molar-refractivity contribution in [2.75, 3.05) is 6.61 Å². The van der Waals surface area contributed by atoms with Crippen LogP contribution >= 0.6 is 0 Å². The predicted octanol–water partition coefficient (Wildman–Crippen LogP) is 1.63. The molecule has 2 atom stereocenters. The van der Waals surface area contributed by atoms with Crippen molar-refractivity contribution in [1.29, 1.82) is 0 Å². The van der Waals surface area contributed by atoms with E-state index >= 15 is 0 Å². The molecule has 0 aromatic heterocycles. The monoisotopic (exact) mass is 252 g/mol. The minimum atomic E-state index is -1.27. The van der Waals surface area contributed by atoms with E-state index in [0.717, 1.165) is 12.0 Å². The predicted molar refractivity (Wildman–Crippen MR) is 61.4 cm³/mol. The Hall–Kier alpha value is -1.46. The second kappa shape index (κ2) is 5.93. The fraction of sp³-hybridized carbons (Fsp3) is 0.462. The molecule has 4 nitrogen and oxygen atoms in total. The highest BCUT2D eigenvalue weighted by Crippen LogP contribution is 2.19. The zero-order valence-corrected chi connectivity index (χ0v) is 9.90. The Balaban J connectivity index is 1.85. The summed E-state index contributed by atoms with van der Waals surface area (Å²) in [4.78, 5) is 11.8. The number of hydrogen-bond acceptors (Lipinski definition) is 2. The number of ether oxygens (including phenoxy) is 1. The quantitative estimate of drug-likeness (QED) is 0.888. The van der Waals surface area contributed by atoms with Crippen LogP contribution < -0.4 is 5.32 Å². The van der Waals surface area contributed by atoms with E-state index in [1.165, 1.54) is 12.1 Å². The van der Waals surface area contributed by atoms with Gasteiger partial charge in [0.1, 0.15) is 5.82 Å². The van der Waals surface area contributed by atoms with Crippen LogP contribution in [0.5, 0.6) is 0 Å². The van der Waals surface area contributed by atoms with E-state index in [0.29, 0.717) is 19.6 Å². The molecular weight excluding hydrogens is 237 g/mol. The molecule has 0 aliphatic carbocycles. The normalized spacial score (nSPS) is 23.7. The summed E-state index contributed by atoms with van der Waals surface area (Å²) in [5.41, 5.74) is 0.795. The SMILES string of the molecule is [O]C1OCCCC1C(=O)NCc1ccc(F)cc1. The first-order valence-corrected chi connectivity index (χ1v) is 5.96. The van der Waals surface area contributed by atoms with Gasteiger partial charge in [0.15, 0.2) is 0 Å². The molecule has 0 bridgehead atoms. The number of benzene rings is 1. The molecule has 1 aromatic carbocycles. The van der Waals surface area contributed by atoms with Crippen molar-refractivity contribution < 1.29 is 19.0 Å². The number of carbonyl (C=O) groups is 1. The Morgan fingerprint density at radius 2 is 2.11 bits per heavy atom. The molecule has 0 saturated carbocycles. The molecule has 18 heavy (non-hydrogen) atoms. The van der Waals surface area contributed by atoms with Crippen molar-refractivity contribution in [3.05, 3.63) is 35.6 Å². The molecule has 2 unspecified atom stereocenters. The molecule has 2 rings (SSSR count). The maximum Gasteiger partial charge on any atom is 0.228 e. The first-order valence-electron chi connectivity index (χ1n) is 5.96. The van der Waals surface area contributed by atoms with Crippen LogP contribution in [0.15, 0.2) is 24.3 Å². The number of nitrogens with one attached hydrogen (secondary N) is 1. The maximum atomic E-state index is 12.7. The largest absolute Gasteiger partial charge is 0.352 e. The average molecular weight is 252 g/mol. The molecule has 1 aliphatic heterocycles. The van der Waals surface area contributed by atoms with Crippen molar-refractivity contribution in [1.82, 2.24) is 5.32 Å². The number of carbonyl (C=O) groups excluding carboxylic acids is 1. The summed E-state index contributed by atoms with van der Waals surface area (Å²) in [6.07, 6.45) is 0.0172. The molecule has 1 N–H and O–H groups in total. The summed E-state index contributed by atoms with van der Waals surface area (Å²) >= 11 is 0. The van der Waals surface area contributed by atoms with Crippen molar-refractivity contribution in [2.24, 2.45) is 5.92 Å². The van der Waals surface area contributed by atoms with E-state index in [-0.39, 0.29) is 11.7 Å². The molecule has 97 valence electrons. The van der Waals surface area contributed by atoms with Gasteiger partial charge in [0, 0.05) is 13.2 Å². The number of rotatable bonds is 3. The van der Waals surface area contributed by atoms with Gasteiger partial charge in [-0.1, -0.05) is 12.1 Å². The van der Waals surface area contributed by atoms with Crippen molar-refractivity contribution in [3.8, 4) is 0 Å². The van der Waals surface area contributed by atoms with Gasteiger partial charge in [-0.05, 0) is 30.5 Å². The number of amides is 1. The van der Waals surface area contributed by atoms with Crippen LogP contribution in [-0.4, -0.2) is 18.8 Å². The zero-order valence-electron chi connectivity index (χ0n) is 9.90. The number of hydrogen-bond donors (Lipinski definition) is 1. The molecule has 0 spiro atoms. The first kappa shape index (κ1) is 13.0. The molecule has 5 heteroatoms. The summed E-state index contributed by atoms with van der Waals surface area (Å²) in [7, 11) is 0. The Labute approximate surface area is 105 Å². The highest BCUT2D eigenvalue weighted by molar-refractivity contribution is 5.79. The summed E-state index contributed by atoms with van der Waals surface area (Å²) < 4.78 is 17.6. The van der Waals surface area contributed by atoms with Crippen LogP contribution in [0.4, 0.5) is 4.39 Å². The third-order valence-electron chi connectivity index (χ3n) is 2.99. The smallest absolute Gasteiger partial charge is 0.228 e. The Morgan fingerprint density at radius 1 is 1.39 bits per heavy atom. The summed E-state index contributed by atoms with van der Waals surface area (Å²) in [5.74, 6) is -1.23. The van der Waals surface area contributed by atoms with Gasteiger partial charge in [-0.25, -0.2) is 9.50 Å². The van der Waals surface area contributed by atoms with Gasteiger partial charge in [0.25, 0.3) is 0 Å². The van der Waals surface area contributed by atoms with Gasteiger partial charge in [-0.2, -0.15) is 0 Å². The van der Waals surface area contributed by atoms with Crippen molar-refractivity contribution in [3.63, 3.8) is 0 Å². The van der Waals surface area contributed by atoms with Crippen LogP contribution in [0.1, 0.15) is 18.4 Å². The standard InChI is InChI=1S/C13H15FNO3/c14-10-5-3-9(4-6-10)8-15-12(16)11-2-1-7-18-13(11)17/h3-6,11,13H,1-2,7-8H2,(H,15,16). The van der Waals surface area contributed by atoms with Gasteiger partial charge in [0.05, 0.1) is 5.92 Å². The molecule has 1 amide bonds. The lowest BCUT2D eigenvalue weighted by Gasteiger charge is -2.25. The van der Waals surface area contributed by atoms with Gasteiger partial charge < -0.3 is 10.1 Å². The third-order valence-corrected chi connectivity index (χ3v) is 2.99. The second-order valence-corrected chi connectivity index (χ2v) is 4.33. The zero-order chi connectivity index (χ0) is 13.0. The minimum Gasteiger partial charge on any atom is -0.352 e. The molecule has 1 saturated heterocycles. The van der Waals surface area contributed by atoms with Crippen LogP contribution in [0.3, 0.4) is 0 Å². The van der Waals surface area contributed by atoms with E-state index in [1.807, 2.05) is 0 Å². The summed E-state index contributed by atoms with van der Waals surface area (Å²) in [5, 5.41) is 14.1. The maximum absolute atomic E-state index is 12.7. The first-order chi connectivity index (χ1) is 8.66. The lowest BCUT2D eigenvalue weighted by molar-refractivity contribution is -0.196. The number of halogens is 1. The van der Waals surface area contributed by atoms with Crippen LogP contribution in [-0.2, 0) is 21.2 Å². The van der Waals surface area contributed by atoms with Crippen LogP contribution in [0.25, 0.3) is 0 Å². The minimum absolute atomic E-state index is 0.293. The van der Waals surface area contributed by atoms with Crippen molar-refractivity contribution >= 4 is 5.91 Å². The van der Waals surface area contributed by atoms with Crippen LogP contribution in [0, 0.1) is 11.7 Å². The summed E-state index contributed by atoms with van der Waals surface area (Å²) in [6.45, 7) is 0.720. The third kappa shape index (κ3) is 3.27. The van der Waals surface area contributed by atoms with E-state index in [1.54, 1.807) is 12.1 Å². The fourth-order valence-corrected chi connectivity index (χ4v) is 1.93. The molecule has 1 aromatic rings. The molecule has 1 heterocycles. The average Bonchev–Trinajstić information content (AvgIpc) is 2.38. The van der Waals surface area contributed by atoms with E-state index < -0.39 is 12.2 Å². The molecule has 1 radical (unpaired) electrons. The van der Waals surface area contributed by atoms with Gasteiger partial charge >= 0.3 is 0 Å². The lowest BCUT2D eigenvalue weighted by atomic mass is 9.99. The fourth-order valence-electron chi connectivity index (χ4n) is 1.93. The molecule has 1 fully saturated rings. The molecular formula is C13H15FNO3. The van der Waals surface area contributed by atoms with E-state index in [9.17, 15) is 14.3 Å². The van der Waals surface area contributed by atoms with Crippen molar-refractivity contribution in [2.45, 2.75) is 25.7 Å². The van der Waals surface area contributed by atoms with Gasteiger partial charge in [0.2, 0.25) is 12.2 Å². The lowest BCUT2D eigenvalue weighted by Crippen LogP contribution is -2.40. The van der Waals surface area contributed by atoms with E-state index in [4.69, 9.17) is 4.74 Å². The second-order valence-electron chi connectivity index (χ2n) is 4.33. The molecule has 1 aliphatic rings. The Kier molecular flexibility index (Phi) is 4.28. The highest BCUT2D eigenvalue weighted by Gasteiger charge is 2.31. The Morgan fingerprint density at radius 3 is 2.78 bits per heavy atom. The van der Waals surface area contributed by atoms with E-state index in [2.05, 4.69) is 5.32 Å². The Bertz CT molecular complexity index is 407. The topological polar surface area (TPSA) is 58.2 Å². The summed E-state index contributed by atoms with van der Waals surface area (Å²) in [6, 6.07) is 5.87. The van der Waals surface area contributed by atoms with Gasteiger partial charge in [-0.3, -0.25) is 4.79 Å². The van der Waals surface area contributed by atoms with Crippen LogP contribution in [0.2, 0.25) is 0 Å². The highest BCUT2D eigenvalue weighted by atomic mass is 19.1.